The van der Waals surface area contributed by atoms with Crippen molar-refractivity contribution in [2.45, 2.75) is 57.5 Å². The zero-order valence-corrected chi connectivity index (χ0v) is 15.5. The number of nitrogens with one attached hydrogen (secondary N) is 1. The van der Waals surface area contributed by atoms with E-state index in [1.807, 2.05) is 17.0 Å². The Hall–Kier alpha value is -2.24. The first kappa shape index (κ1) is 18.5. The topological polar surface area (TPSA) is 84.7 Å². The van der Waals surface area contributed by atoms with E-state index in [1.165, 1.54) is 37.7 Å². The highest BCUT2D eigenvalue weighted by Crippen LogP contribution is 2.36. The van der Waals surface area contributed by atoms with Crippen molar-refractivity contribution in [3.05, 3.63) is 29.3 Å². The van der Waals surface area contributed by atoms with Crippen molar-refractivity contribution in [1.29, 1.82) is 0 Å². The SMILES string of the molecule is COc1ccc2c(c1)CN(C(=O)CCNC(N)=O)C(C1CCCCC1)C2. The number of primary amides is 1. The number of urea groups is 1. The molecule has 1 aliphatic heterocycles. The summed E-state index contributed by atoms with van der Waals surface area (Å²) in [5, 5.41) is 2.52. The minimum Gasteiger partial charge on any atom is -0.497 e. The summed E-state index contributed by atoms with van der Waals surface area (Å²) in [7, 11) is 1.66. The Labute approximate surface area is 155 Å². The van der Waals surface area contributed by atoms with Crippen LogP contribution in [0.5, 0.6) is 5.75 Å². The van der Waals surface area contributed by atoms with Gasteiger partial charge in [0.25, 0.3) is 0 Å². The monoisotopic (exact) mass is 359 g/mol. The highest BCUT2D eigenvalue weighted by molar-refractivity contribution is 5.78. The van der Waals surface area contributed by atoms with Crippen molar-refractivity contribution in [2.24, 2.45) is 11.7 Å². The van der Waals surface area contributed by atoms with Gasteiger partial charge in [-0.3, -0.25) is 4.79 Å². The molecule has 6 nitrogen and oxygen atoms in total. The number of nitrogens with zero attached hydrogens (tertiary/aromatic N) is 1. The first-order valence-corrected chi connectivity index (χ1v) is 9.57. The Morgan fingerprint density at radius 3 is 2.69 bits per heavy atom. The van der Waals surface area contributed by atoms with Crippen LogP contribution in [-0.4, -0.2) is 36.5 Å². The largest absolute Gasteiger partial charge is 0.497 e. The molecule has 1 aromatic rings. The molecule has 0 spiro atoms. The molecule has 6 heteroatoms. The molecule has 0 radical (unpaired) electrons. The zero-order valence-electron chi connectivity index (χ0n) is 15.5. The molecule has 0 aromatic heterocycles. The van der Waals surface area contributed by atoms with Gasteiger partial charge in [-0.15, -0.1) is 0 Å². The van der Waals surface area contributed by atoms with Gasteiger partial charge in [0.05, 0.1) is 7.11 Å². The minimum absolute atomic E-state index is 0.0859. The number of hydrogen-bond donors (Lipinski definition) is 2. The van der Waals surface area contributed by atoms with E-state index in [4.69, 9.17) is 10.5 Å². The Balaban J connectivity index is 1.79. The maximum absolute atomic E-state index is 12.9. The maximum atomic E-state index is 12.9. The summed E-state index contributed by atoms with van der Waals surface area (Å²) in [6.45, 7) is 0.899. The van der Waals surface area contributed by atoms with Crippen LogP contribution in [-0.2, 0) is 17.8 Å². The number of benzene rings is 1. The fourth-order valence-electron chi connectivity index (χ4n) is 4.36. The normalized spacial score (nSPS) is 20.3. The first-order chi connectivity index (χ1) is 12.6. The van der Waals surface area contributed by atoms with Crippen molar-refractivity contribution in [2.75, 3.05) is 13.7 Å². The lowest BCUT2D eigenvalue weighted by molar-refractivity contribution is -0.136. The van der Waals surface area contributed by atoms with E-state index in [1.54, 1.807) is 7.11 Å². The second kappa shape index (κ2) is 8.43. The lowest BCUT2D eigenvalue weighted by atomic mass is 9.78. The fraction of sp³-hybridized carbons (Fsp3) is 0.600. The summed E-state index contributed by atoms with van der Waals surface area (Å²) >= 11 is 0. The molecule has 3 amide bonds. The molecule has 1 heterocycles. The Bertz CT molecular complexity index is 656. The van der Waals surface area contributed by atoms with Gasteiger partial charge >= 0.3 is 6.03 Å². The quantitative estimate of drug-likeness (QED) is 0.847. The summed E-state index contributed by atoms with van der Waals surface area (Å²) in [6.07, 6.45) is 7.38. The van der Waals surface area contributed by atoms with Crippen LogP contribution >= 0.6 is 0 Å². The minimum atomic E-state index is -0.588. The van der Waals surface area contributed by atoms with E-state index >= 15 is 0 Å². The van der Waals surface area contributed by atoms with E-state index in [0.29, 0.717) is 12.5 Å². The first-order valence-electron chi connectivity index (χ1n) is 9.57. The Morgan fingerprint density at radius 2 is 2.00 bits per heavy atom. The molecule has 0 bridgehead atoms. The van der Waals surface area contributed by atoms with Crippen LogP contribution in [0.1, 0.15) is 49.7 Å². The number of ether oxygens (including phenoxy) is 1. The standard InChI is InChI=1S/C20H29N3O3/c1-26-17-8-7-15-12-18(14-5-3-2-4-6-14)23(13-16(15)11-17)19(24)9-10-22-20(21)25/h7-8,11,14,18H,2-6,9-10,12-13H2,1H3,(H3,21,22,25). The maximum Gasteiger partial charge on any atom is 0.312 e. The Kier molecular flexibility index (Phi) is 6.01. The Morgan fingerprint density at radius 1 is 1.23 bits per heavy atom. The number of methoxy groups -OCH3 is 1. The van der Waals surface area contributed by atoms with E-state index in [-0.39, 0.29) is 24.9 Å². The van der Waals surface area contributed by atoms with Gasteiger partial charge in [0.2, 0.25) is 5.91 Å². The van der Waals surface area contributed by atoms with Gasteiger partial charge in [-0.05, 0) is 48.4 Å². The van der Waals surface area contributed by atoms with Crippen LogP contribution in [0.4, 0.5) is 4.79 Å². The van der Waals surface area contributed by atoms with Crippen molar-refractivity contribution in [3.63, 3.8) is 0 Å². The number of carbonyl (C=O) groups is 2. The second-order valence-electron chi connectivity index (χ2n) is 7.37. The molecule has 1 saturated carbocycles. The highest BCUT2D eigenvalue weighted by atomic mass is 16.5. The molecule has 1 aliphatic carbocycles. The molecule has 1 atom stereocenters. The van der Waals surface area contributed by atoms with Gasteiger partial charge in [0, 0.05) is 25.6 Å². The molecule has 0 saturated heterocycles. The van der Waals surface area contributed by atoms with E-state index in [9.17, 15) is 9.59 Å². The molecule has 3 N–H and O–H groups in total. The third-order valence-corrected chi connectivity index (χ3v) is 5.74. The third kappa shape index (κ3) is 4.29. The van der Waals surface area contributed by atoms with E-state index in [0.717, 1.165) is 17.7 Å². The van der Waals surface area contributed by atoms with Gasteiger partial charge in [0.15, 0.2) is 0 Å². The lowest BCUT2D eigenvalue weighted by Crippen LogP contribution is -2.49. The van der Waals surface area contributed by atoms with Crippen molar-refractivity contribution in [3.8, 4) is 5.75 Å². The summed E-state index contributed by atoms with van der Waals surface area (Å²) in [6, 6.07) is 5.84. The highest BCUT2D eigenvalue weighted by Gasteiger charge is 2.35. The molecule has 26 heavy (non-hydrogen) atoms. The molecule has 2 aliphatic rings. The van der Waals surface area contributed by atoms with Crippen LogP contribution < -0.4 is 15.8 Å². The van der Waals surface area contributed by atoms with E-state index < -0.39 is 6.03 Å². The predicted molar refractivity (Wildman–Crippen MR) is 99.8 cm³/mol. The lowest BCUT2D eigenvalue weighted by Gasteiger charge is -2.43. The van der Waals surface area contributed by atoms with Gasteiger partial charge in [-0.2, -0.15) is 0 Å². The summed E-state index contributed by atoms with van der Waals surface area (Å²) < 4.78 is 5.35. The van der Waals surface area contributed by atoms with Crippen molar-refractivity contribution >= 4 is 11.9 Å². The van der Waals surface area contributed by atoms with E-state index in [2.05, 4.69) is 11.4 Å². The molecular formula is C20H29N3O3. The molecule has 1 unspecified atom stereocenters. The molecule has 142 valence electrons. The van der Waals surface area contributed by atoms with Crippen molar-refractivity contribution < 1.29 is 14.3 Å². The summed E-state index contributed by atoms with van der Waals surface area (Å²) in [4.78, 5) is 25.8. The van der Waals surface area contributed by atoms with Gasteiger partial charge in [-0.25, -0.2) is 4.79 Å². The zero-order chi connectivity index (χ0) is 18.5. The second-order valence-corrected chi connectivity index (χ2v) is 7.37. The van der Waals surface area contributed by atoms with Crippen molar-refractivity contribution in [1.82, 2.24) is 10.2 Å². The average Bonchev–Trinajstić information content (AvgIpc) is 2.66. The van der Waals surface area contributed by atoms with Crippen LogP contribution in [0.25, 0.3) is 0 Å². The number of carbonyl (C=O) groups excluding carboxylic acids is 2. The number of nitrogens with two attached hydrogens (primary N) is 1. The number of hydrogen-bond acceptors (Lipinski definition) is 3. The summed E-state index contributed by atoms with van der Waals surface area (Å²) in [5.41, 5.74) is 7.59. The van der Waals surface area contributed by atoms with Crippen LogP contribution in [0.15, 0.2) is 18.2 Å². The van der Waals surface area contributed by atoms with Gasteiger partial charge in [0.1, 0.15) is 5.75 Å². The number of fused-ring (bicyclic) bond motifs is 1. The van der Waals surface area contributed by atoms with Gasteiger partial charge < -0.3 is 20.7 Å². The summed E-state index contributed by atoms with van der Waals surface area (Å²) in [5.74, 6) is 1.47. The third-order valence-electron chi connectivity index (χ3n) is 5.74. The fourth-order valence-corrected chi connectivity index (χ4v) is 4.36. The molecule has 1 aromatic carbocycles. The predicted octanol–water partition coefficient (Wildman–Crippen LogP) is 2.59. The van der Waals surface area contributed by atoms with Crippen LogP contribution in [0.3, 0.4) is 0 Å². The molecule has 3 rings (SSSR count). The van der Waals surface area contributed by atoms with Gasteiger partial charge in [-0.1, -0.05) is 25.3 Å². The molecule has 1 fully saturated rings. The van der Waals surface area contributed by atoms with Crippen LogP contribution in [0.2, 0.25) is 0 Å². The number of rotatable bonds is 5. The smallest absolute Gasteiger partial charge is 0.312 e. The average molecular weight is 359 g/mol. The number of amides is 3. The van der Waals surface area contributed by atoms with Crippen LogP contribution in [0, 0.1) is 5.92 Å². The molecular weight excluding hydrogens is 330 g/mol.